The maximum atomic E-state index is 12.1. The molecule has 0 aliphatic rings. The number of nitrogens with two attached hydrogens (primary N) is 1. The number of carbonyl (C=O) groups excluding carboxylic acids is 1. The van der Waals surface area contributed by atoms with Crippen molar-refractivity contribution in [2.45, 2.75) is 25.8 Å². The summed E-state index contributed by atoms with van der Waals surface area (Å²) < 4.78 is 0. The van der Waals surface area contributed by atoms with Crippen LogP contribution in [0.1, 0.15) is 24.8 Å². The van der Waals surface area contributed by atoms with Crippen molar-refractivity contribution in [1.29, 1.82) is 0 Å². The molecule has 0 heterocycles. The zero-order valence-electron chi connectivity index (χ0n) is 13.7. The van der Waals surface area contributed by atoms with E-state index in [4.69, 9.17) is 10.8 Å². The first kappa shape index (κ1) is 17.7. The van der Waals surface area contributed by atoms with Crippen molar-refractivity contribution < 1.29 is 14.7 Å². The Morgan fingerprint density at radius 1 is 0.958 bits per heavy atom. The van der Waals surface area contributed by atoms with Crippen LogP contribution in [0.4, 0.5) is 5.69 Å². The molecule has 0 aliphatic heterocycles. The minimum atomic E-state index is -0.879. The van der Waals surface area contributed by atoms with E-state index < -0.39 is 5.97 Å². The van der Waals surface area contributed by atoms with E-state index in [0.717, 1.165) is 22.4 Å². The Balaban J connectivity index is 2.02. The van der Waals surface area contributed by atoms with Crippen molar-refractivity contribution >= 4 is 17.6 Å². The van der Waals surface area contributed by atoms with E-state index in [1.807, 2.05) is 48.5 Å². The predicted molar refractivity (Wildman–Crippen MR) is 94.7 cm³/mol. The van der Waals surface area contributed by atoms with Crippen molar-refractivity contribution in [1.82, 2.24) is 0 Å². The molecule has 5 nitrogen and oxygen atoms in total. The highest BCUT2D eigenvalue weighted by atomic mass is 16.4. The molecule has 0 bridgehead atoms. The van der Waals surface area contributed by atoms with Crippen molar-refractivity contribution in [3.05, 3.63) is 54.1 Å². The number of hydrogen-bond donors (Lipinski definition) is 2. The summed E-state index contributed by atoms with van der Waals surface area (Å²) in [6, 6.07) is 15.8. The van der Waals surface area contributed by atoms with Crippen molar-refractivity contribution in [2.75, 3.05) is 11.9 Å². The predicted octanol–water partition coefficient (Wildman–Crippen LogP) is 3.03. The van der Waals surface area contributed by atoms with Gasteiger partial charge in [-0.25, -0.2) is 0 Å². The number of anilines is 1. The van der Waals surface area contributed by atoms with Gasteiger partial charge in [0.2, 0.25) is 5.91 Å². The summed E-state index contributed by atoms with van der Waals surface area (Å²) in [6.45, 7) is 0.522. The summed E-state index contributed by atoms with van der Waals surface area (Å²) in [4.78, 5) is 24.1. The van der Waals surface area contributed by atoms with Crippen LogP contribution >= 0.6 is 0 Å². The van der Waals surface area contributed by atoms with Gasteiger partial charge in [-0.15, -0.1) is 0 Å². The molecule has 0 unspecified atom stereocenters. The van der Waals surface area contributed by atoms with Crippen molar-refractivity contribution in [3.8, 4) is 11.1 Å². The van der Waals surface area contributed by atoms with Crippen LogP contribution in [0.25, 0.3) is 11.1 Å². The molecule has 3 N–H and O–H groups in total. The number of carboxylic acids is 1. The van der Waals surface area contributed by atoms with Gasteiger partial charge in [-0.3, -0.25) is 9.59 Å². The summed E-state index contributed by atoms with van der Waals surface area (Å²) in [5.41, 5.74) is 9.63. The molecule has 2 aromatic rings. The Morgan fingerprint density at radius 2 is 1.50 bits per heavy atom. The monoisotopic (exact) mass is 326 g/mol. The van der Waals surface area contributed by atoms with Gasteiger partial charge in [-0.1, -0.05) is 36.4 Å². The molecular weight excluding hydrogens is 304 g/mol. The van der Waals surface area contributed by atoms with E-state index in [0.29, 0.717) is 13.0 Å². The van der Waals surface area contributed by atoms with Crippen LogP contribution in [0.15, 0.2) is 48.5 Å². The quantitative estimate of drug-likeness (QED) is 0.819. The lowest BCUT2D eigenvalue weighted by Crippen LogP contribution is -2.25. The molecule has 0 radical (unpaired) electrons. The van der Waals surface area contributed by atoms with Gasteiger partial charge in [-0.2, -0.15) is 0 Å². The highest BCUT2D eigenvalue weighted by Gasteiger charge is 2.11. The minimum absolute atomic E-state index is 0.0112. The van der Waals surface area contributed by atoms with E-state index in [1.165, 1.54) is 0 Å². The molecule has 0 spiro atoms. The van der Waals surface area contributed by atoms with E-state index in [1.54, 1.807) is 11.9 Å². The molecule has 2 aromatic carbocycles. The zero-order chi connectivity index (χ0) is 17.5. The van der Waals surface area contributed by atoms with Crippen LogP contribution < -0.4 is 10.6 Å². The molecule has 126 valence electrons. The third kappa shape index (κ3) is 4.67. The van der Waals surface area contributed by atoms with Crippen molar-refractivity contribution in [3.63, 3.8) is 0 Å². The molecule has 0 fully saturated rings. The maximum Gasteiger partial charge on any atom is 0.303 e. The van der Waals surface area contributed by atoms with Crippen LogP contribution in [0.5, 0.6) is 0 Å². The lowest BCUT2D eigenvalue weighted by molar-refractivity contribution is -0.137. The first-order chi connectivity index (χ1) is 11.5. The fourth-order valence-electron chi connectivity index (χ4n) is 2.41. The molecule has 0 saturated carbocycles. The van der Waals surface area contributed by atoms with Crippen LogP contribution in [0.3, 0.4) is 0 Å². The number of aliphatic carboxylic acids is 1. The maximum absolute atomic E-state index is 12.1. The Hall–Kier alpha value is -2.66. The van der Waals surface area contributed by atoms with E-state index >= 15 is 0 Å². The topological polar surface area (TPSA) is 83.6 Å². The molecule has 0 aliphatic carbocycles. The average molecular weight is 326 g/mol. The Labute approximate surface area is 141 Å². The summed E-state index contributed by atoms with van der Waals surface area (Å²) >= 11 is 0. The van der Waals surface area contributed by atoms with Gasteiger partial charge in [0.25, 0.3) is 0 Å². The summed E-state index contributed by atoms with van der Waals surface area (Å²) in [6.07, 6.45) is 0.590. The lowest BCUT2D eigenvalue weighted by Gasteiger charge is -2.17. The number of carbonyl (C=O) groups is 2. The minimum Gasteiger partial charge on any atom is -0.481 e. The largest absolute Gasteiger partial charge is 0.481 e. The lowest BCUT2D eigenvalue weighted by atomic mass is 10.0. The highest BCUT2D eigenvalue weighted by Crippen LogP contribution is 2.23. The van der Waals surface area contributed by atoms with Crippen LogP contribution in [0.2, 0.25) is 0 Å². The number of carboxylic acid groups (broad SMARTS) is 1. The van der Waals surface area contributed by atoms with Crippen molar-refractivity contribution in [2.24, 2.45) is 5.73 Å². The van der Waals surface area contributed by atoms with Gasteiger partial charge in [0.05, 0.1) is 0 Å². The van der Waals surface area contributed by atoms with Gasteiger partial charge in [-0.05, 0) is 35.2 Å². The molecule has 1 amide bonds. The average Bonchev–Trinajstić information content (AvgIpc) is 2.61. The van der Waals surface area contributed by atoms with E-state index in [-0.39, 0.29) is 18.7 Å². The van der Waals surface area contributed by atoms with E-state index in [2.05, 4.69) is 0 Å². The first-order valence-electron chi connectivity index (χ1n) is 7.89. The highest BCUT2D eigenvalue weighted by molar-refractivity contribution is 5.93. The van der Waals surface area contributed by atoms with E-state index in [9.17, 15) is 9.59 Å². The summed E-state index contributed by atoms with van der Waals surface area (Å²) in [7, 11) is 1.70. The smallest absolute Gasteiger partial charge is 0.303 e. The molecule has 0 atom stereocenters. The fourth-order valence-corrected chi connectivity index (χ4v) is 2.41. The van der Waals surface area contributed by atoms with Gasteiger partial charge in [0.15, 0.2) is 0 Å². The normalized spacial score (nSPS) is 10.4. The molecular formula is C19H22N2O3. The second kappa shape index (κ2) is 8.26. The molecule has 5 heteroatoms. The number of nitrogens with zero attached hydrogens (tertiary/aromatic N) is 1. The molecule has 0 saturated heterocycles. The zero-order valence-corrected chi connectivity index (χ0v) is 13.7. The van der Waals surface area contributed by atoms with Crippen LogP contribution in [0, 0.1) is 0 Å². The van der Waals surface area contributed by atoms with Gasteiger partial charge < -0.3 is 15.7 Å². The fraction of sp³-hybridized carbons (Fsp3) is 0.263. The molecule has 2 rings (SSSR count). The molecule has 0 aromatic heterocycles. The second-order valence-electron chi connectivity index (χ2n) is 5.65. The Morgan fingerprint density at radius 3 is 2.00 bits per heavy atom. The van der Waals surface area contributed by atoms with Crippen LogP contribution in [-0.4, -0.2) is 24.0 Å². The van der Waals surface area contributed by atoms with Gasteiger partial charge >= 0.3 is 5.97 Å². The number of hydrogen-bond acceptors (Lipinski definition) is 3. The summed E-state index contributed by atoms with van der Waals surface area (Å²) in [5.74, 6) is -0.966. The van der Waals surface area contributed by atoms with Crippen LogP contribution in [-0.2, 0) is 16.1 Å². The third-order valence-corrected chi connectivity index (χ3v) is 3.93. The van der Waals surface area contributed by atoms with Gasteiger partial charge in [0.1, 0.15) is 0 Å². The second-order valence-corrected chi connectivity index (χ2v) is 5.65. The summed E-state index contributed by atoms with van der Waals surface area (Å²) in [5, 5.41) is 8.62. The number of benzene rings is 2. The molecule has 24 heavy (non-hydrogen) atoms. The number of rotatable bonds is 7. The standard InChI is InChI=1S/C19H22N2O3/c1-21(18(22)3-2-4-19(23)24)17-11-9-16(10-12-17)15-7-5-14(13-20)6-8-15/h5-12H,2-4,13,20H2,1H3,(H,23,24). The van der Waals surface area contributed by atoms with Gasteiger partial charge in [0, 0.05) is 32.1 Å². The SMILES string of the molecule is CN(C(=O)CCCC(=O)O)c1ccc(-c2ccc(CN)cc2)cc1. The Bertz CT molecular complexity index is 694. The third-order valence-electron chi connectivity index (χ3n) is 3.93. The first-order valence-corrected chi connectivity index (χ1v) is 7.89. The number of amides is 1. The Kier molecular flexibility index (Phi) is 6.09.